The number of halogens is 1. The van der Waals surface area contributed by atoms with E-state index in [0.717, 1.165) is 15.8 Å². The number of nitrogens with one attached hydrogen (secondary N) is 1. The highest BCUT2D eigenvalue weighted by Crippen LogP contribution is 2.24. The van der Waals surface area contributed by atoms with E-state index in [1.54, 1.807) is 14.0 Å². The number of carbonyl (C=O) groups excluding carboxylic acids is 1. The van der Waals surface area contributed by atoms with Crippen molar-refractivity contribution < 1.29 is 14.3 Å². The van der Waals surface area contributed by atoms with Crippen LogP contribution in [0, 0.1) is 0 Å². The molecule has 0 saturated carbocycles. The Kier molecular flexibility index (Phi) is 6.04. The summed E-state index contributed by atoms with van der Waals surface area (Å²) in [5.74, 6) is 1.23. The topological polar surface area (TPSA) is 47.6 Å². The van der Waals surface area contributed by atoms with E-state index >= 15 is 0 Å². The summed E-state index contributed by atoms with van der Waals surface area (Å²) < 4.78 is 12.0. The predicted octanol–water partition coefficient (Wildman–Crippen LogP) is 4.10. The Morgan fingerprint density at radius 1 is 1.09 bits per heavy atom. The van der Waals surface area contributed by atoms with E-state index in [-0.39, 0.29) is 11.9 Å². The van der Waals surface area contributed by atoms with Gasteiger partial charge in [0.05, 0.1) is 13.2 Å². The molecule has 0 spiro atoms. The fourth-order valence-corrected chi connectivity index (χ4v) is 2.47. The van der Waals surface area contributed by atoms with Crippen LogP contribution in [0.2, 0.25) is 0 Å². The van der Waals surface area contributed by atoms with Crippen LogP contribution in [0.5, 0.6) is 11.5 Å². The minimum absolute atomic E-state index is 0.172. The normalized spacial score (nSPS) is 13.0. The standard InChI is InChI=1S/C18H20BrNO3/c1-12(16-6-4-5-7-17(16)22-3)20-18(21)13(2)23-15-10-8-14(19)9-11-15/h4-13H,1-3H3,(H,20,21)/t12-,13-/m0/s1. The molecule has 0 aromatic heterocycles. The summed E-state index contributed by atoms with van der Waals surface area (Å²) in [6, 6.07) is 14.8. The van der Waals surface area contributed by atoms with Gasteiger partial charge in [-0.3, -0.25) is 4.79 Å². The smallest absolute Gasteiger partial charge is 0.261 e. The maximum atomic E-state index is 12.3. The van der Waals surface area contributed by atoms with Crippen molar-refractivity contribution in [1.29, 1.82) is 0 Å². The van der Waals surface area contributed by atoms with Crippen LogP contribution in [-0.4, -0.2) is 19.1 Å². The highest BCUT2D eigenvalue weighted by Gasteiger charge is 2.19. The zero-order chi connectivity index (χ0) is 16.8. The van der Waals surface area contributed by atoms with Gasteiger partial charge in [0.15, 0.2) is 6.10 Å². The zero-order valence-corrected chi connectivity index (χ0v) is 15.0. The first-order valence-electron chi connectivity index (χ1n) is 7.36. The van der Waals surface area contributed by atoms with Gasteiger partial charge in [0, 0.05) is 10.0 Å². The first-order chi connectivity index (χ1) is 11.0. The number of methoxy groups -OCH3 is 1. The second-order valence-electron chi connectivity index (χ2n) is 5.19. The maximum absolute atomic E-state index is 12.3. The summed E-state index contributed by atoms with van der Waals surface area (Å²) in [4.78, 5) is 12.3. The maximum Gasteiger partial charge on any atom is 0.261 e. The lowest BCUT2D eigenvalue weighted by Crippen LogP contribution is -2.37. The van der Waals surface area contributed by atoms with Gasteiger partial charge < -0.3 is 14.8 Å². The molecule has 2 rings (SSSR count). The van der Waals surface area contributed by atoms with Crippen LogP contribution >= 0.6 is 15.9 Å². The highest BCUT2D eigenvalue weighted by atomic mass is 79.9. The lowest BCUT2D eigenvalue weighted by molar-refractivity contribution is -0.127. The number of amides is 1. The van der Waals surface area contributed by atoms with Gasteiger partial charge in [0.1, 0.15) is 11.5 Å². The summed E-state index contributed by atoms with van der Waals surface area (Å²) in [5, 5.41) is 2.95. The van der Waals surface area contributed by atoms with Gasteiger partial charge >= 0.3 is 0 Å². The second-order valence-corrected chi connectivity index (χ2v) is 6.10. The molecule has 122 valence electrons. The molecule has 0 bridgehead atoms. The third kappa shape index (κ3) is 4.73. The molecule has 0 fully saturated rings. The lowest BCUT2D eigenvalue weighted by atomic mass is 10.1. The molecule has 0 aliphatic rings. The van der Waals surface area contributed by atoms with Crippen LogP contribution < -0.4 is 14.8 Å². The van der Waals surface area contributed by atoms with Crippen LogP contribution in [0.4, 0.5) is 0 Å². The Morgan fingerprint density at radius 2 is 1.74 bits per heavy atom. The molecule has 2 aromatic rings. The molecule has 1 amide bonds. The van der Waals surface area contributed by atoms with Gasteiger partial charge in [-0.25, -0.2) is 0 Å². The molecule has 0 aliphatic heterocycles. The van der Waals surface area contributed by atoms with Gasteiger partial charge in [-0.15, -0.1) is 0 Å². The van der Waals surface area contributed by atoms with Crippen molar-refractivity contribution in [3.05, 3.63) is 58.6 Å². The fourth-order valence-electron chi connectivity index (χ4n) is 2.20. The summed E-state index contributed by atoms with van der Waals surface area (Å²) in [7, 11) is 1.62. The Morgan fingerprint density at radius 3 is 2.39 bits per heavy atom. The number of ether oxygens (including phenoxy) is 2. The monoisotopic (exact) mass is 377 g/mol. The van der Waals surface area contributed by atoms with Crippen molar-refractivity contribution in [2.45, 2.75) is 26.0 Å². The van der Waals surface area contributed by atoms with Crippen LogP contribution in [0.15, 0.2) is 53.0 Å². The van der Waals surface area contributed by atoms with Crippen LogP contribution in [0.3, 0.4) is 0 Å². The minimum atomic E-state index is -0.590. The van der Waals surface area contributed by atoms with Gasteiger partial charge in [0.25, 0.3) is 5.91 Å². The molecular weight excluding hydrogens is 358 g/mol. The molecule has 0 unspecified atom stereocenters. The molecule has 4 nitrogen and oxygen atoms in total. The SMILES string of the molecule is COc1ccccc1[C@H](C)NC(=O)[C@H](C)Oc1ccc(Br)cc1. The van der Waals surface area contributed by atoms with Crippen molar-refractivity contribution in [2.24, 2.45) is 0 Å². The zero-order valence-electron chi connectivity index (χ0n) is 13.4. The molecule has 0 radical (unpaired) electrons. The summed E-state index contributed by atoms with van der Waals surface area (Å²) >= 11 is 3.37. The Labute approximate surface area is 144 Å². The number of hydrogen-bond donors (Lipinski definition) is 1. The molecule has 1 N–H and O–H groups in total. The molecule has 0 saturated heterocycles. The molecule has 0 heterocycles. The third-order valence-electron chi connectivity index (χ3n) is 3.46. The molecule has 23 heavy (non-hydrogen) atoms. The van der Waals surface area contributed by atoms with Crippen molar-refractivity contribution in [1.82, 2.24) is 5.32 Å². The quantitative estimate of drug-likeness (QED) is 0.823. The average Bonchev–Trinajstić information content (AvgIpc) is 2.56. The Bertz CT molecular complexity index is 658. The van der Waals surface area contributed by atoms with Crippen LogP contribution in [0.1, 0.15) is 25.5 Å². The first-order valence-corrected chi connectivity index (χ1v) is 8.16. The number of benzene rings is 2. The van der Waals surface area contributed by atoms with Crippen molar-refractivity contribution >= 4 is 21.8 Å². The van der Waals surface area contributed by atoms with E-state index in [9.17, 15) is 4.79 Å². The predicted molar refractivity (Wildman–Crippen MR) is 93.8 cm³/mol. The molecular formula is C18H20BrNO3. The minimum Gasteiger partial charge on any atom is -0.496 e. The van der Waals surface area contributed by atoms with Gasteiger partial charge in [0.2, 0.25) is 0 Å². The van der Waals surface area contributed by atoms with E-state index in [1.165, 1.54) is 0 Å². The van der Waals surface area contributed by atoms with Crippen molar-refractivity contribution in [2.75, 3.05) is 7.11 Å². The third-order valence-corrected chi connectivity index (χ3v) is 3.99. The van der Waals surface area contributed by atoms with Crippen molar-refractivity contribution in [3.8, 4) is 11.5 Å². The van der Waals surface area contributed by atoms with Crippen LogP contribution in [0.25, 0.3) is 0 Å². The number of para-hydroxylation sites is 1. The molecule has 2 atom stereocenters. The fraction of sp³-hybridized carbons (Fsp3) is 0.278. The largest absolute Gasteiger partial charge is 0.496 e. The molecule has 5 heteroatoms. The average molecular weight is 378 g/mol. The first kappa shape index (κ1) is 17.3. The van der Waals surface area contributed by atoms with E-state index in [2.05, 4.69) is 21.2 Å². The summed E-state index contributed by atoms with van der Waals surface area (Å²) in [6.45, 7) is 3.65. The Hall–Kier alpha value is -2.01. The Balaban J connectivity index is 1.98. The molecule has 2 aromatic carbocycles. The number of rotatable bonds is 6. The number of hydrogen-bond acceptors (Lipinski definition) is 3. The van der Waals surface area contributed by atoms with Gasteiger partial charge in [-0.2, -0.15) is 0 Å². The van der Waals surface area contributed by atoms with Gasteiger partial charge in [-0.1, -0.05) is 34.1 Å². The number of carbonyl (C=O) groups is 1. The van der Waals surface area contributed by atoms with E-state index in [1.807, 2.05) is 55.5 Å². The summed E-state index contributed by atoms with van der Waals surface area (Å²) in [5.41, 5.74) is 0.930. The van der Waals surface area contributed by atoms with E-state index in [0.29, 0.717) is 5.75 Å². The van der Waals surface area contributed by atoms with Crippen LogP contribution in [-0.2, 0) is 4.79 Å². The highest BCUT2D eigenvalue weighted by molar-refractivity contribution is 9.10. The second kappa shape index (κ2) is 8.02. The van der Waals surface area contributed by atoms with Gasteiger partial charge in [-0.05, 0) is 44.2 Å². The van der Waals surface area contributed by atoms with E-state index < -0.39 is 6.10 Å². The van der Waals surface area contributed by atoms with E-state index in [4.69, 9.17) is 9.47 Å². The lowest BCUT2D eigenvalue weighted by Gasteiger charge is -2.20. The molecule has 0 aliphatic carbocycles. The summed E-state index contributed by atoms with van der Waals surface area (Å²) in [6.07, 6.45) is -0.590. The van der Waals surface area contributed by atoms with Crippen molar-refractivity contribution in [3.63, 3.8) is 0 Å².